The molecule has 2 N–H and O–H groups in total. The van der Waals surface area contributed by atoms with Gasteiger partial charge in [0.1, 0.15) is 17.1 Å². The Balaban J connectivity index is 2.36. The monoisotopic (exact) mass is 299 g/mol. The number of thiocarbonyl (C=S) groups is 1. The minimum atomic E-state index is 0.348. The van der Waals surface area contributed by atoms with E-state index in [-0.39, 0.29) is 0 Å². The summed E-state index contributed by atoms with van der Waals surface area (Å²) in [6.45, 7) is 6.09. The number of hydrogen-bond acceptors (Lipinski definition) is 3. The van der Waals surface area contributed by atoms with Gasteiger partial charge in [0.05, 0.1) is 22.3 Å². The molecule has 0 fully saturated rings. The molecule has 0 saturated carbocycles. The average molecular weight is 299 g/mol. The summed E-state index contributed by atoms with van der Waals surface area (Å²) in [5.41, 5.74) is 11.9. The molecule has 0 aliphatic rings. The second-order valence-corrected chi connectivity index (χ2v) is 5.75. The van der Waals surface area contributed by atoms with Crippen LogP contribution < -0.4 is 5.73 Å². The summed E-state index contributed by atoms with van der Waals surface area (Å²) >= 11 is 5.18. The fourth-order valence-electron chi connectivity index (χ4n) is 2.64. The summed E-state index contributed by atoms with van der Waals surface area (Å²) in [4.78, 5) is 4.83. The number of rotatable bonds is 2. The van der Waals surface area contributed by atoms with Crippen molar-refractivity contribution < 1.29 is 0 Å². The zero-order valence-electron chi connectivity index (χ0n) is 12.5. The van der Waals surface area contributed by atoms with Crippen LogP contribution in [0.15, 0.2) is 18.5 Å². The number of aryl methyl sites for hydroxylation is 4. The Labute approximate surface area is 128 Å². The first kappa shape index (κ1) is 13.8. The Bertz CT molecular complexity index is 872. The van der Waals surface area contributed by atoms with Gasteiger partial charge in [-0.05, 0) is 44.0 Å². The van der Waals surface area contributed by atoms with E-state index in [4.69, 9.17) is 18.0 Å². The van der Waals surface area contributed by atoms with E-state index in [2.05, 4.69) is 36.1 Å². The molecule has 108 valence electrons. The standard InChI is InChI=1S/C15H17N5S/c1-8-5-11-12(6-9(8)2)20(7-17-11)15-13(14(16)21)10(3)18-19(15)4/h5-7H,1-4H3,(H2,16,21). The van der Waals surface area contributed by atoms with Crippen LogP contribution in [0.1, 0.15) is 22.4 Å². The van der Waals surface area contributed by atoms with Crippen molar-refractivity contribution in [3.63, 3.8) is 0 Å². The predicted molar refractivity (Wildman–Crippen MR) is 87.9 cm³/mol. The molecular formula is C15H17N5S. The number of aromatic nitrogens is 4. The van der Waals surface area contributed by atoms with E-state index in [0.717, 1.165) is 28.1 Å². The first-order chi connectivity index (χ1) is 9.90. The van der Waals surface area contributed by atoms with Crippen molar-refractivity contribution in [2.75, 3.05) is 0 Å². The van der Waals surface area contributed by atoms with Crippen LogP contribution in [0.5, 0.6) is 0 Å². The molecule has 3 aromatic rings. The summed E-state index contributed by atoms with van der Waals surface area (Å²) in [5.74, 6) is 0.853. The predicted octanol–water partition coefficient (Wildman–Crippen LogP) is 2.32. The van der Waals surface area contributed by atoms with Gasteiger partial charge in [0.25, 0.3) is 0 Å². The molecule has 0 aliphatic heterocycles. The molecular weight excluding hydrogens is 282 g/mol. The molecule has 2 heterocycles. The van der Waals surface area contributed by atoms with Gasteiger partial charge in [-0.15, -0.1) is 0 Å². The first-order valence-electron chi connectivity index (χ1n) is 6.68. The van der Waals surface area contributed by atoms with Crippen LogP contribution in [-0.4, -0.2) is 24.3 Å². The van der Waals surface area contributed by atoms with Gasteiger partial charge in [0.2, 0.25) is 0 Å². The Hall–Kier alpha value is -2.21. The van der Waals surface area contributed by atoms with Crippen molar-refractivity contribution in [1.82, 2.24) is 19.3 Å². The van der Waals surface area contributed by atoms with E-state index in [1.807, 2.05) is 18.5 Å². The molecule has 0 saturated heterocycles. The summed E-state index contributed by atoms with van der Waals surface area (Å²) < 4.78 is 3.79. The van der Waals surface area contributed by atoms with Gasteiger partial charge in [-0.3, -0.25) is 9.25 Å². The lowest BCUT2D eigenvalue weighted by molar-refractivity contribution is 0.726. The van der Waals surface area contributed by atoms with Gasteiger partial charge in [-0.2, -0.15) is 5.10 Å². The van der Waals surface area contributed by atoms with Gasteiger partial charge < -0.3 is 5.73 Å². The molecule has 21 heavy (non-hydrogen) atoms. The molecule has 0 radical (unpaired) electrons. The lowest BCUT2D eigenvalue weighted by Crippen LogP contribution is -2.14. The normalized spacial score (nSPS) is 11.2. The molecule has 6 heteroatoms. The fraction of sp³-hybridized carbons (Fsp3) is 0.267. The van der Waals surface area contributed by atoms with E-state index in [1.165, 1.54) is 11.1 Å². The Morgan fingerprint density at radius 3 is 2.52 bits per heavy atom. The molecule has 2 aromatic heterocycles. The number of benzene rings is 1. The number of imidazole rings is 1. The number of hydrogen-bond donors (Lipinski definition) is 1. The topological polar surface area (TPSA) is 61.7 Å². The second kappa shape index (κ2) is 4.66. The van der Waals surface area contributed by atoms with Crippen molar-refractivity contribution in [2.45, 2.75) is 20.8 Å². The molecule has 5 nitrogen and oxygen atoms in total. The lowest BCUT2D eigenvalue weighted by atomic mass is 10.1. The van der Waals surface area contributed by atoms with Crippen molar-refractivity contribution in [3.05, 3.63) is 40.8 Å². The highest BCUT2D eigenvalue weighted by molar-refractivity contribution is 7.80. The van der Waals surface area contributed by atoms with E-state index in [1.54, 1.807) is 11.0 Å². The Morgan fingerprint density at radius 2 is 1.86 bits per heavy atom. The van der Waals surface area contributed by atoms with Crippen LogP contribution in [-0.2, 0) is 7.05 Å². The highest BCUT2D eigenvalue weighted by Crippen LogP contribution is 2.25. The maximum atomic E-state index is 5.88. The van der Waals surface area contributed by atoms with Crippen LogP contribution in [0.25, 0.3) is 16.9 Å². The minimum absolute atomic E-state index is 0.348. The van der Waals surface area contributed by atoms with Crippen LogP contribution >= 0.6 is 12.2 Å². The molecule has 1 aromatic carbocycles. The summed E-state index contributed by atoms with van der Waals surface area (Å²) in [5, 5.41) is 4.44. The third kappa shape index (κ3) is 2.03. The molecule has 3 rings (SSSR count). The zero-order valence-corrected chi connectivity index (χ0v) is 13.3. The van der Waals surface area contributed by atoms with Gasteiger partial charge in [0, 0.05) is 7.05 Å². The number of nitrogens with two attached hydrogens (primary N) is 1. The van der Waals surface area contributed by atoms with E-state index in [9.17, 15) is 0 Å². The molecule has 0 aliphatic carbocycles. The maximum absolute atomic E-state index is 5.88. The van der Waals surface area contributed by atoms with Crippen LogP contribution in [0.2, 0.25) is 0 Å². The van der Waals surface area contributed by atoms with E-state index >= 15 is 0 Å². The van der Waals surface area contributed by atoms with Crippen molar-refractivity contribution in [1.29, 1.82) is 0 Å². The Kier molecular flexibility index (Phi) is 3.06. The van der Waals surface area contributed by atoms with Crippen LogP contribution in [0.3, 0.4) is 0 Å². The largest absolute Gasteiger partial charge is 0.389 e. The first-order valence-corrected chi connectivity index (χ1v) is 7.09. The van der Waals surface area contributed by atoms with Gasteiger partial charge in [-0.25, -0.2) is 4.98 Å². The molecule has 0 bridgehead atoms. The maximum Gasteiger partial charge on any atom is 0.147 e. The fourth-order valence-corrected chi connectivity index (χ4v) is 2.88. The second-order valence-electron chi connectivity index (χ2n) is 5.31. The average Bonchev–Trinajstić information content (AvgIpc) is 2.90. The van der Waals surface area contributed by atoms with Crippen molar-refractivity contribution in [3.8, 4) is 5.82 Å². The van der Waals surface area contributed by atoms with Gasteiger partial charge in [0.15, 0.2) is 0 Å². The third-order valence-corrected chi connectivity index (χ3v) is 4.03. The zero-order chi connectivity index (χ0) is 15.3. The summed E-state index contributed by atoms with van der Waals surface area (Å²) in [6.07, 6.45) is 1.79. The van der Waals surface area contributed by atoms with Crippen LogP contribution in [0.4, 0.5) is 0 Å². The van der Waals surface area contributed by atoms with Crippen molar-refractivity contribution in [2.24, 2.45) is 12.8 Å². The van der Waals surface area contributed by atoms with Gasteiger partial charge >= 0.3 is 0 Å². The highest BCUT2D eigenvalue weighted by atomic mass is 32.1. The summed E-state index contributed by atoms with van der Waals surface area (Å²) in [7, 11) is 1.89. The van der Waals surface area contributed by atoms with Crippen LogP contribution in [0, 0.1) is 20.8 Å². The number of nitrogens with zero attached hydrogens (tertiary/aromatic N) is 4. The highest BCUT2D eigenvalue weighted by Gasteiger charge is 2.19. The Morgan fingerprint density at radius 1 is 1.19 bits per heavy atom. The smallest absolute Gasteiger partial charge is 0.147 e. The SMILES string of the molecule is Cc1cc2ncn(-c3c(C(N)=S)c(C)nn3C)c2cc1C. The molecule has 0 unspecified atom stereocenters. The molecule has 0 spiro atoms. The van der Waals surface area contributed by atoms with E-state index in [0.29, 0.717) is 4.99 Å². The molecule has 0 amide bonds. The molecule has 0 atom stereocenters. The lowest BCUT2D eigenvalue weighted by Gasteiger charge is -2.09. The van der Waals surface area contributed by atoms with Gasteiger partial charge in [-0.1, -0.05) is 12.2 Å². The van der Waals surface area contributed by atoms with E-state index < -0.39 is 0 Å². The minimum Gasteiger partial charge on any atom is -0.389 e. The number of fused-ring (bicyclic) bond motifs is 1. The quantitative estimate of drug-likeness (QED) is 0.738. The summed E-state index contributed by atoms with van der Waals surface area (Å²) in [6, 6.07) is 4.22. The third-order valence-electron chi connectivity index (χ3n) is 3.83. The van der Waals surface area contributed by atoms with Crippen molar-refractivity contribution >= 4 is 28.2 Å².